The van der Waals surface area contributed by atoms with Crippen molar-refractivity contribution in [3.63, 3.8) is 0 Å². The fourth-order valence-electron chi connectivity index (χ4n) is 2.04. The van der Waals surface area contributed by atoms with E-state index in [9.17, 15) is 4.79 Å². The maximum atomic E-state index is 12.4. The lowest BCUT2D eigenvalue weighted by atomic mass is 10.1. The molecule has 20 heavy (non-hydrogen) atoms. The number of carbonyl (C=O) groups excluding carboxylic acids is 1. The first-order valence-electron chi connectivity index (χ1n) is 7.33. The van der Waals surface area contributed by atoms with Gasteiger partial charge >= 0.3 is 0 Å². The van der Waals surface area contributed by atoms with E-state index in [2.05, 4.69) is 26.1 Å². The number of aromatic nitrogens is 1. The molecule has 0 saturated heterocycles. The number of nitrogens with two attached hydrogens (primary N) is 1. The number of aryl methyl sites for hydroxylation is 1. The van der Waals surface area contributed by atoms with Crippen molar-refractivity contribution in [2.24, 2.45) is 5.92 Å². The lowest BCUT2D eigenvalue weighted by Crippen LogP contribution is -2.42. The molecule has 5 heteroatoms. The predicted molar refractivity (Wildman–Crippen MR) is 81.7 cm³/mol. The van der Waals surface area contributed by atoms with Gasteiger partial charge in [0.25, 0.3) is 5.91 Å². The fourth-order valence-corrected chi connectivity index (χ4v) is 2.04. The molecule has 1 aromatic heterocycles. The Labute approximate surface area is 121 Å². The van der Waals surface area contributed by atoms with E-state index in [1.807, 2.05) is 17.7 Å². The Morgan fingerprint density at radius 3 is 2.70 bits per heavy atom. The molecule has 1 atom stereocenters. The van der Waals surface area contributed by atoms with Crippen LogP contribution in [0.1, 0.15) is 44.6 Å². The highest BCUT2D eigenvalue weighted by Crippen LogP contribution is 2.12. The van der Waals surface area contributed by atoms with E-state index < -0.39 is 0 Å². The molecule has 0 radical (unpaired) electrons. The van der Waals surface area contributed by atoms with Crippen LogP contribution in [0.5, 0.6) is 0 Å². The largest absolute Gasteiger partial charge is 0.397 e. The Kier molecular flexibility index (Phi) is 6.58. The standard InChI is InChI=1S/C15H27N3O2/c1-5-7-18-9-12(16)8-14(18)15(19)17-13(11(3)4)10-20-6-2/h8-9,11,13H,5-7,10,16H2,1-4H3,(H,17,19). The van der Waals surface area contributed by atoms with Gasteiger partial charge in [0.2, 0.25) is 0 Å². The molecule has 1 rings (SSSR count). The number of nitrogens with one attached hydrogen (secondary N) is 1. The van der Waals surface area contributed by atoms with Crippen LogP contribution in [-0.2, 0) is 11.3 Å². The first-order valence-corrected chi connectivity index (χ1v) is 7.33. The average molecular weight is 281 g/mol. The zero-order valence-electron chi connectivity index (χ0n) is 13.0. The summed E-state index contributed by atoms with van der Waals surface area (Å²) >= 11 is 0. The highest BCUT2D eigenvalue weighted by atomic mass is 16.5. The number of amides is 1. The number of carbonyl (C=O) groups is 1. The molecule has 1 heterocycles. The van der Waals surface area contributed by atoms with Crippen molar-refractivity contribution in [2.75, 3.05) is 18.9 Å². The molecule has 0 aromatic carbocycles. The van der Waals surface area contributed by atoms with Gasteiger partial charge in [-0.1, -0.05) is 20.8 Å². The topological polar surface area (TPSA) is 69.3 Å². The van der Waals surface area contributed by atoms with E-state index in [-0.39, 0.29) is 11.9 Å². The van der Waals surface area contributed by atoms with Gasteiger partial charge in [-0.3, -0.25) is 4.79 Å². The van der Waals surface area contributed by atoms with Gasteiger partial charge in [-0.15, -0.1) is 0 Å². The van der Waals surface area contributed by atoms with Crippen molar-refractivity contribution in [3.05, 3.63) is 18.0 Å². The monoisotopic (exact) mass is 281 g/mol. The van der Waals surface area contributed by atoms with Crippen molar-refractivity contribution >= 4 is 11.6 Å². The van der Waals surface area contributed by atoms with E-state index >= 15 is 0 Å². The lowest BCUT2D eigenvalue weighted by Gasteiger charge is -2.22. The van der Waals surface area contributed by atoms with Crippen LogP contribution < -0.4 is 11.1 Å². The van der Waals surface area contributed by atoms with Crippen LogP contribution in [0, 0.1) is 5.92 Å². The molecule has 0 fully saturated rings. The zero-order valence-corrected chi connectivity index (χ0v) is 13.0. The van der Waals surface area contributed by atoms with E-state index in [0.29, 0.717) is 30.5 Å². The van der Waals surface area contributed by atoms with Gasteiger partial charge < -0.3 is 20.4 Å². The van der Waals surface area contributed by atoms with E-state index in [0.717, 1.165) is 13.0 Å². The highest BCUT2D eigenvalue weighted by molar-refractivity contribution is 5.94. The number of nitrogen functional groups attached to an aromatic ring is 1. The second-order valence-corrected chi connectivity index (χ2v) is 5.34. The second kappa shape index (κ2) is 7.94. The van der Waals surface area contributed by atoms with Crippen LogP contribution in [0.4, 0.5) is 5.69 Å². The molecule has 1 unspecified atom stereocenters. The van der Waals surface area contributed by atoms with Crippen molar-refractivity contribution in [1.82, 2.24) is 9.88 Å². The molecule has 0 saturated carbocycles. The number of hydrogen-bond acceptors (Lipinski definition) is 3. The first-order chi connectivity index (χ1) is 9.49. The Bertz CT molecular complexity index is 427. The van der Waals surface area contributed by atoms with Gasteiger partial charge in [-0.05, 0) is 25.3 Å². The zero-order chi connectivity index (χ0) is 15.1. The molecule has 1 aromatic rings. The van der Waals surface area contributed by atoms with Gasteiger partial charge in [-0.25, -0.2) is 0 Å². The minimum atomic E-state index is -0.0893. The SMILES string of the molecule is CCCn1cc(N)cc1C(=O)NC(COCC)C(C)C. The van der Waals surface area contributed by atoms with Crippen LogP contribution in [-0.4, -0.2) is 29.7 Å². The number of rotatable bonds is 8. The third-order valence-corrected chi connectivity index (χ3v) is 3.24. The number of hydrogen-bond donors (Lipinski definition) is 2. The van der Waals surface area contributed by atoms with E-state index in [1.54, 1.807) is 6.07 Å². The van der Waals surface area contributed by atoms with Crippen molar-refractivity contribution in [1.29, 1.82) is 0 Å². The predicted octanol–water partition coefficient (Wildman–Crippen LogP) is 2.27. The Morgan fingerprint density at radius 2 is 2.15 bits per heavy atom. The maximum Gasteiger partial charge on any atom is 0.268 e. The van der Waals surface area contributed by atoms with Crippen LogP contribution in [0.3, 0.4) is 0 Å². The van der Waals surface area contributed by atoms with Crippen LogP contribution in [0.15, 0.2) is 12.3 Å². The third kappa shape index (κ3) is 4.56. The first kappa shape index (κ1) is 16.6. The summed E-state index contributed by atoms with van der Waals surface area (Å²) in [6.45, 7) is 10.1. The molecule has 5 nitrogen and oxygen atoms in total. The van der Waals surface area contributed by atoms with Crippen molar-refractivity contribution in [3.8, 4) is 0 Å². The lowest BCUT2D eigenvalue weighted by molar-refractivity contribution is 0.0798. The third-order valence-electron chi connectivity index (χ3n) is 3.24. The van der Waals surface area contributed by atoms with Gasteiger partial charge in [-0.2, -0.15) is 0 Å². The Hall–Kier alpha value is -1.49. The summed E-state index contributed by atoms with van der Waals surface area (Å²) in [5.41, 5.74) is 7.03. The second-order valence-electron chi connectivity index (χ2n) is 5.34. The number of ether oxygens (including phenoxy) is 1. The summed E-state index contributed by atoms with van der Waals surface area (Å²) in [6.07, 6.45) is 2.77. The van der Waals surface area contributed by atoms with Gasteiger partial charge in [0.05, 0.1) is 18.3 Å². The van der Waals surface area contributed by atoms with E-state index in [4.69, 9.17) is 10.5 Å². The van der Waals surface area contributed by atoms with Crippen molar-refractivity contribution < 1.29 is 9.53 Å². The molecule has 0 spiro atoms. The average Bonchev–Trinajstić information content (AvgIpc) is 2.75. The molecule has 0 aliphatic carbocycles. The summed E-state index contributed by atoms with van der Waals surface area (Å²) in [4.78, 5) is 12.4. The number of nitrogens with zero attached hydrogens (tertiary/aromatic N) is 1. The summed E-state index contributed by atoms with van der Waals surface area (Å²) in [6, 6.07) is 1.73. The normalized spacial score (nSPS) is 12.7. The van der Waals surface area contributed by atoms with E-state index in [1.165, 1.54) is 0 Å². The van der Waals surface area contributed by atoms with Gasteiger partial charge in [0.15, 0.2) is 0 Å². The molecule has 3 N–H and O–H groups in total. The maximum absolute atomic E-state index is 12.4. The van der Waals surface area contributed by atoms with Crippen LogP contribution >= 0.6 is 0 Å². The molecular weight excluding hydrogens is 254 g/mol. The molecule has 1 amide bonds. The fraction of sp³-hybridized carbons (Fsp3) is 0.667. The molecule has 0 aliphatic rings. The van der Waals surface area contributed by atoms with Crippen LogP contribution in [0.25, 0.3) is 0 Å². The molecular formula is C15H27N3O2. The molecule has 114 valence electrons. The number of anilines is 1. The quantitative estimate of drug-likeness (QED) is 0.768. The summed E-state index contributed by atoms with van der Waals surface area (Å²) in [5.74, 6) is 0.228. The van der Waals surface area contributed by atoms with Gasteiger partial charge in [0.1, 0.15) is 5.69 Å². The molecule has 0 aliphatic heterocycles. The smallest absolute Gasteiger partial charge is 0.268 e. The minimum Gasteiger partial charge on any atom is -0.397 e. The summed E-state index contributed by atoms with van der Waals surface area (Å²) in [7, 11) is 0. The van der Waals surface area contributed by atoms with Crippen LogP contribution in [0.2, 0.25) is 0 Å². The van der Waals surface area contributed by atoms with Crippen molar-refractivity contribution in [2.45, 2.75) is 46.7 Å². The molecule has 0 bridgehead atoms. The minimum absolute atomic E-state index is 0.00801. The Balaban J connectivity index is 2.77. The summed E-state index contributed by atoms with van der Waals surface area (Å²) in [5, 5.41) is 3.04. The highest BCUT2D eigenvalue weighted by Gasteiger charge is 2.19. The Morgan fingerprint density at radius 1 is 1.45 bits per heavy atom. The summed E-state index contributed by atoms with van der Waals surface area (Å²) < 4.78 is 7.34. The van der Waals surface area contributed by atoms with Gasteiger partial charge in [0, 0.05) is 19.3 Å².